The van der Waals surface area contributed by atoms with Crippen molar-refractivity contribution in [2.45, 2.75) is 11.3 Å². The Morgan fingerprint density at radius 2 is 1.88 bits per heavy atom. The van der Waals surface area contributed by atoms with Crippen LogP contribution in [0.5, 0.6) is 0 Å². The zero-order valence-electron chi connectivity index (χ0n) is 13.0. The fourth-order valence-electron chi connectivity index (χ4n) is 2.42. The highest BCUT2D eigenvalue weighted by Crippen LogP contribution is 2.19. The SMILES string of the molecule is O=C(Cc1cccs1)Nc1ccc(S(=O)(=O)N2CCOCC2)cc1. The van der Waals surface area contributed by atoms with E-state index in [0.29, 0.717) is 38.4 Å². The predicted octanol–water partition coefficient (Wildman–Crippen LogP) is 1.95. The molecule has 128 valence electrons. The number of hydrogen-bond acceptors (Lipinski definition) is 5. The smallest absolute Gasteiger partial charge is 0.243 e. The standard InChI is InChI=1S/C16H18N2O4S2/c19-16(12-14-2-1-11-23-14)17-13-3-5-15(6-4-13)24(20,21)18-7-9-22-10-8-18/h1-6,11H,7-10,12H2,(H,17,19). The van der Waals surface area contributed by atoms with Crippen molar-refractivity contribution in [3.63, 3.8) is 0 Å². The van der Waals surface area contributed by atoms with Crippen molar-refractivity contribution in [3.05, 3.63) is 46.7 Å². The van der Waals surface area contributed by atoms with Crippen molar-refractivity contribution >= 4 is 33.0 Å². The lowest BCUT2D eigenvalue weighted by Crippen LogP contribution is -2.40. The van der Waals surface area contributed by atoms with Crippen molar-refractivity contribution in [2.24, 2.45) is 0 Å². The number of carbonyl (C=O) groups is 1. The Morgan fingerprint density at radius 3 is 2.50 bits per heavy atom. The number of morpholine rings is 1. The maximum atomic E-state index is 12.5. The van der Waals surface area contributed by atoms with Crippen LogP contribution in [0.25, 0.3) is 0 Å². The Kier molecular flexibility index (Phi) is 5.30. The van der Waals surface area contributed by atoms with Crippen LogP contribution in [-0.2, 0) is 26.0 Å². The van der Waals surface area contributed by atoms with Crippen LogP contribution in [0.15, 0.2) is 46.7 Å². The maximum Gasteiger partial charge on any atom is 0.243 e. The summed E-state index contributed by atoms with van der Waals surface area (Å²) in [5.41, 5.74) is 0.581. The van der Waals surface area contributed by atoms with Gasteiger partial charge in [0.1, 0.15) is 0 Å². The van der Waals surface area contributed by atoms with Gasteiger partial charge in [-0.05, 0) is 35.7 Å². The van der Waals surface area contributed by atoms with Gasteiger partial charge in [0, 0.05) is 23.7 Å². The molecule has 2 aromatic rings. The Morgan fingerprint density at radius 1 is 1.17 bits per heavy atom. The van der Waals surface area contributed by atoms with Crippen LogP contribution in [0.3, 0.4) is 0 Å². The Bertz CT molecular complexity index is 780. The normalized spacial score (nSPS) is 16.0. The Balaban J connectivity index is 1.65. The number of benzene rings is 1. The topological polar surface area (TPSA) is 75.7 Å². The molecule has 0 aliphatic carbocycles. The molecule has 1 amide bonds. The first-order valence-electron chi connectivity index (χ1n) is 7.56. The zero-order chi connectivity index (χ0) is 17.0. The van der Waals surface area contributed by atoms with Gasteiger partial charge < -0.3 is 10.1 Å². The van der Waals surface area contributed by atoms with E-state index in [1.54, 1.807) is 12.1 Å². The summed E-state index contributed by atoms with van der Waals surface area (Å²) in [7, 11) is -3.51. The van der Waals surface area contributed by atoms with Gasteiger partial charge in [0.25, 0.3) is 0 Å². The molecule has 1 aromatic heterocycles. The number of hydrogen-bond donors (Lipinski definition) is 1. The number of anilines is 1. The van der Waals surface area contributed by atoms with Gasteiger partial charge in [0.2, 0.25) is 15.9 Å². The first kappa shape index (κ1) is 17.1. The lowest BCUT2D eigenvalue weighted by atomic mass is 10.3. The van der Waals surface area contributed by atoms with Crippen LogP contribution in [0.4, 0.5) is 5.69 Å². The van der Waals surface area contributed by atoms with Gasteiger partial charge >= 0.3 is 0 Å². The highest BCUT2D eigenvalue weighted by molar-refractivity contribution is 7.89. The van der Waals surface area contributed by atoms with E-state index in [1.165, 1.54) is 27.8 Å². The first-order chi connectivity index (χ1) is 11.6. The molecule has 0 spiro atoms. The van der Waals surface area contributed by atoms with Crippen molar-refractivity contribution in [1.82, 2.24) is 4.31 Å². The first-order valence-corrected chi connectivity index (χ1v) is 9.88. The summed E-state index contributed by atoms with van der Waals surface area (Å²) in [6, 6.07) is 10.1. The molecule has 24 heavy (non-hydrogen) atoms. The van der Waals surface area contributed by atoms with Crippen molar-refractivity contribution in [2.75, 3.05) is 31.6 Å². The van der Waals surface area contributed by atoms with Gasteiger partial charge in [-0.15, -0.1) is 11.3 Å². The van der Waals surface area contributed by atoms with Crippen molar-refractivity contribution in [3.8, 4) is 0 Å². The molecule has 0 bridgehead atoms. The van der Waals surface area contributed by atoms with Gasteiger partial charge in [0.05, 0.1) is 24.5 Å². The molecule has 0 unspecified atom stereocenters. The minimum absolute atomic E-state index is 0.124. The summed E-state index contributed by atoms with van der Waals surface area (Å²) in [6.45, 7) is 1.55. The van der Waals surface area contributed by atoms with Crippen LogP contribution in [0, 0.1) is 0 Å². The van der Waals surface area contributed by atoms with Crippen LogP contribution in [0.2, 0.25) is 0 Å². The van der Waals surface area contributed by atoms with Crippen LogP contribution in [-0.4, -0.2) is 44.9 Å². The fraction of sp³-hybridized carbons (Fsp3) is 0.312. The number of carbonyl (C=O) groups excluding carboxylic acids is 1. The molecule has 1 N–H and O–H groups in total. The molecule has 1 aliphatic heterocycles. The van der Waals surface area contributed by atoms with E-state index in [-0.39, 0.29) is 10.8 Å². The van der Waals surface area contributed by atoms with Crippen molar-refractivity contribution < 1.29 is 17.9 Å². The molecule has 6 nitrogen and oxygen atoms in total. The summed E-state index contributed by atoms with van der Waals surface area (Å²) in [6.07, 6.45) is 0.311. The second kappa shape index (κ2) is 7.43. The average molecular weight is 366 g/mol. The van der Waals surface area contributed by atoms with Crippen molar-refractivity contribution in [1.29, 1.82) is 0 Å². The van der Waals surface area contributed by atoms with Gasteiger partial charge in [-0.2, -0.15) is 4.31 Å². The molecule has 1 fully saturated rings. The number of thiophene rings is 1. The lowest BCUT2D eigenvalue weighted by molar-refractivity contribution is -0.115. The van der Waals surface area contributed by atoms with E-state index in [0.717, 1.165) is 4.88 Å². The number of sulfonamides is 1. The molecule has 0 saturated carbocycles. The second-order valence-electron chi connectivity index (χ2n) is 5.35. The van der Waals surface area contributed by atoms with E-state index < -0.39 is 10.0 Å². The van der Waals surface area contributed by atoms with E-state index in [9.17, 15) is 13.2 Å². The van der Waals surface area contributed by atoms with Crippen LogP contribution >= 0.6 is 11.3 Å². The Hall–Kier alpha value is -1.74. The molecule has 1 saturated heterocycles. The predicted molar refractivity (Wildman–Crippen MR) is 92.7 cm³/mol. The summed E-state index contributed by atoms with van der Waals surface area (Å²) >= 11 is 1.53. The maximum absolute atomic E-state index is 12.5. The summed E-state index contributed by atoms with van der Waals surface area (Å²) in [5, 5.41) is 4.70. The molecule has 0 atom stereocenters. The molecular weight excluding hydrogens is 348 g/mol. The highest BCUT2D eigenvalue weighted by atomic mass is 32.2. The van der Waals surface area contributed by atoms with Gasteiger partial charge in [0.15, 0.2) is 0 Å². The summed E-state index contributed by atoms with van der Waals surface area (Å²) in [5.74, 6) is -0.124. The van der Waals surface area contributed by atoms with Gasteiger partial charge in [-0.3, -0.25) is 4.79 Å². The fourth-order valence-corrected chi connectivity index (χ4v) is 4.53. The molecular formula is C16H18N2O4S2. The molecule has 1 aromatic carbocycles. The van der Waals surface area contributed by atoms with Crippen LogP contribution in [0.1, 0.15) is 4.88 Å². The third kappa shape index (κ3) is 4.02. The zero-order valence-corrected chi connectivity index (χ0v) is 14.6. The minimum Gasteiger partial charge on any atom is -0.379 e. The van der Waals surface area contributed by atoms with Crippen LogP contribution < -0.4 is 5.32 Å². The summed E-state index contributed by atoms with van der Waals surface area (Å²) in [4.78, 5) is 13.2. The average Bonchev–Trinajstić information content (AvgIpc) is 3.09. The third-order valence-electron chi connectivity index (χ3n) is 3.66. The van der Waals surface area contributed by atoms with Gasteiger partial charge in [-0.25, -0.2) is 8.42 Å². The van der Waals surface area contributed by atoms with E-state index in [4.69, 9.17) is 4.74 Å². The molecule has 1 aliphatic rings. The number of rotatable bonds is 5. The highest BCUT2D eigenvalue weighted by Gasteiger charge is 2.26. The number of ether oxygens (including phenoxy) is 1. The summed E-state index contributed by atoms with van der Waals surface area (Å²) < 4.78 is 31.6. The number of nitrogens with one attached hydrogen (secondary N) is 1. The second-order valence-corrected chi connectivity index (χ2v) is 8.32. The van der Waals surface area contributed by atoms with E-state index >= 15 is 0 Å². The third-order valence-corrected chi connectivity index (χ3v) is 6.45. The molecule has 8 heteroatoms. The molecule has 0 radical (unpaired) electrons. The quantitative estimate of drug-likeness (QED) is 0.878. The molecule has 2 heterocycles. The number of amides is 1. The largest absolute Gasteiger partial charge is 0.379 e. The van der Waals surface area contributed by atoms with Gasteiger partial charge in [-0.1, -0.05) is 6.07 Å². The minimum atomic E-state index is -3.51. The monoisotopic (exact) mass is 366 g/mol. The van der Waals surface area contributed by atoms with E-state index in [2.05, 4.69) is 5.32 Å². The van der Waals surface area contributed by atoms with E-state index in [1.807, 2.05) is 17.5 Å². The molecule has 3 rings (SSSR count). The number of nitrogens with zero attached hydrogens (tertiary/aromatic N) is 1. The Labute approximate surface area is 145 Å². The lowest BCUT2D eigenvalue weighted by Gasteiger charge is -2.26.